The Morgan fingerprint density at radius 2 is 1.86 bits per heavy atom. The summed E-state index contributed by atoms with van der Waals surface area (Å²) in [6, 6.07) is 12.5. The lowest BCUT2D eigenvalue weighted by Crippen LogP contribution is -2.30. The van der Waals surface area contributed by atoms with Gasteiger partial charge in [0.1, 0.15) is 12.4 Å². The summed E-state index contributed by atoms with van der Waals surface area (Å²) in [5.74, 6) is 0.265. The molecule has 0 aliphatic rings. The highest BCUT2D eigenvalue weighted by molar-refractivity contribution is 6.00. The number of benzene rings is 2. The highest BCUT2D eigenvalue weighted by atomic mass is 16.6. The normalized spacial score (nSPS) is 12.4. The largest absolute Gasteiger partial charge is 0.496 e. The average Bonchev–Trinajstić information content (AvgIpc) is 2.72. The maximum Gasteiger partial charge on any atom is 0.329 e. The number of esters is 1. The summed E-state index contributed by atoms with van der Waals surface area (Å²) in [6.07, 6.45) is 0. The number of carbonyl (C=O) groups excluding carboxylic acids is 1. The Balaban J connectivity index is 2.25. The van der Waals surface area contributed by atoms with Crippen LogP contribution >= 0.6 is 0 Å². The van der Waals surface area contributed by atoms with Crippen LogP contribution in [0.4, 0.5) is 0 Å². The van der Waals surface area contributed by atoms with Gasteiger partial charge in [-0.3, -0.25) is 0 Å². The van der Waals surface area contributed by atoms with Crippen LogP contribution in [-0.4, -0.2) is 33.0 Å². The number of carbonyl (C=O) groups is 1. The zero-order valence-electron chi connectivity index (χ0n) is 16.8. The minimum Gasteiger partial charge on any atom is -0.496 e. The highest BCUT2D eigenvalue weighted by Crippen LogP contribution is 2.24. The van der Waals surface area contributed by atoms with Crippen molar-refractivity contribution in [1.29, 1.82) is 0 Å². The quantitative estimate of drug-likeness (QED) is 0.405. The first-order chi connectivity index (χ1) is 13.5. The molecule has 0 spiro atoms. The molecule has 0 saturated heterocycles. The molecule has 2 aromatic carbocycles. The third-order valence-electron chi connectivity index (χ3n) is 4.34. The number of methoxy groups -OCH3 is 2. The van der Waals surface area contributed by atoms with Crippen LogP contribution in [0.2, 0.25) is 0 Å². The second kappa shape index (κ2) is 10.4. The van der Waals surface area contributed by atoms with E-state index in [4.69, 9.17) is 19.1 Å². The van der Waals surface area contributed by atoms with Gasteiger partial charge in [0.2, 0.25) is 0 Å². The van der Waals surface area contributed by atoms with Gasteiger partial charge >= 0.3 is 5.97 Å². The Labute approximate surface area is 165 Å². The van der Waals surface area contributed by atoms with Gasteiger partial charge in [-0.15, -0.1) is 0 Å². The minimum atomic E-state index is -0.771. The van der Waals surface area contributed by atoms with E-state index in [0.717, 1.165) is 22.4 Å². The first kappa shape index (κ1) is 21.4. The topological polar surface area (TPSA) is 78.4 Å². The van der Waals surface area contributed by atoms with Gasteiger partial charge in [-0.1, -0.05) is 35.5 Å². The van der Waals surface area contributed by atoms with E-state index in [1.807, 2.05) is 56.3 Å². The smallest absolute Gasteiger partial charge is 0.329 e. The summed E-state index contributed by atoms with van der Waals surface area (Å²) in [4.78, 5) is 22.7. The average molecular weight is 386 g/mol. The first-order valence-electron chi connectivity index (χ1n) is 8.78. The van der Waals surface area contributed by atoms with Gasteiger partial charge in [0.25, 0.3) is 0 Å². The predicted molar refractivity (Wildman–Crippen MR) is 106 cm³/mol. The lowest BCUT2D eigenvalue weighted by molar-refractivity contribution is -0.147. The molecule has 0 fully saturated rings. The van der Waals surface area contributed by atoms with E-state index in [2.05, 4.69) is 10.6 Å². The number of rotatable bonds is 9. The van der Waals surface area contributed by atoms with Crippen LogP contribution in [0.5, 0.6) is 5.75 Å². The fourth-order valence-electron chi connectivity index (χ4n) is 2.85. The van der Waals surface area contributed by atoms with Crippen molar-refractivity contribution in [2.24, 2.45) is 5.16 Å². The Morgan fingerprint density at radius 3 is 2.54 bits per heavy atom. The van der Waals surface area contributed by atoms with E-state index < -0.39 is 12.0 Å². The van der Waals surface area contributed by atoms with Gasteiger partial charge in [0, 0.05) is 11.1 Å². The van der Waals surface area contributed by atoms with Crippen molar-refractivity contribution in [3.05, 3.63) is 64.7 Å². The number of aryl methyl sites for hydroxylation is 1. The number of para-hydroxylation sites is 1. The third-order valence-corrected chi connectivity index (χ3v) is 4.34. The molecule has 0 radical (unpaired) electrons. The van der Waals surface area contributed by atoms with Gasteiger partial charge in [-0.25, -0.2) is 4.79 Å². The molecule has 1 N–H and O–H groups in total. The molecule has 1 atom stereocenters. The summed E-state index contributed by atoms with van der Waals surface area (Å²) in [5, 5.41) is 4.22. The summed E-state index contributed by atoms with van der Waals surface area (Å²) in [7, 11) is 4.39. The second-order valence-corrected chi connectivity index (χ2v) is 6.07. The number of hydrogen-bond acceptors (Lipinski definition) is 7. The maximum atomic E-state index is 12.2. The molecule has 2 aromatic rings. The number of hydrogen-bond donors (Lipinski definition) is 1. The number of hydroxylamine groups is 1. The lowest BCUT2D eigenvalue weighted by Gasteiger charge is -2.19. The summed E-state index contributed by atoms with van der Waals surface area (Å²) in [6.45, 7) is 3.98. The number of nitrogens with one attached hydrogen (secondary N) is 1. The lowest BCUT2D eigenvalue weighted by atomic mass is 9.97. The van der Waals surface area contributed by atoms with Crippen molar-refractivity contribution < 1.29 is 23.9 Å². The molecule has 0 aliphatic heterocycles. The van der Waals surface area contributed by atoms with Crippen molar-refractivity contribution in [2.75, 3.05) is 21.3 Å². The summed E-state index contributed by atoms with van der Waals surface area (Å²) < 4.78 is 10.2. The van der Waals surface area contributed by atoms with Gasteiger partial charge in [-0.05, 0) is 37.1 Å². The zero-order chi connectivity index (χ0) is 20.5. The number of ether oxygens (including phenoxy) is 2. The van der Waals surface area contributed by atoms with E-state index in [9.17, 15) is 4.79 Å². The van der Waals surface area contributed by atoms with Gasteiger partial charge in [0.05, 0.1) is 27.0 Å². The van der Waals surface area contributed by atoms with Crippen molar-refractivity contribution in [2.45, 2.75) is 26.5 Å². The first-order valence-corrected chi connectivity index (χ1v) is 8.78. The Bertz CT molecular complexity index is 835. The van der Waals surface area contributed by atoms with E-state index in [-0.39, 0.29) is 6.61 Å². The SMILES string of the molecule is CONC(C(=O)OC)c1cccc(C)c1CO/N=C(\C)c1ccccc1OC. The molecular weight excluding hydrogens is 360 g/mol. The van der Waals surface area contributed by atoms with Crippen LogP contribution in [0.1, 0.15) is 35.2 Å². The molecule has 28 heavy (non-hydrogen) atoms. The van der Waals surface area contributed by atoms with Crippen LogP contribution in [-0.2, 0) is 25.8 Å². The predicted octanol–water partition coefficient (Wildman–Crippen LogP) is 3.31. The summed E-state index contributed by atoms with van der Waals surface area (Å²) in [5.41, 5.74) is 6.72. The van der Waals surface area contributed by atoms with E-state index in [1.54, 1.807) is 7.11 Å². The minimum absolute atomic E-state index is 0.188. The Morgan fingerprint density at radius 1 is 1.11 bits per heavy atom. The van der Waals surface area contributed by atoms with E-state index >= 15 is 0 Å². The molecule has 150 valence electrons. The molecule has 7 heteroatoms. The highest BCUT2D eigenvalue weighted by Gasteiger charge is 2.25. The second-order valence-electron chi connectivity index (χ2n) is 6.07. The number of oxime groups is 1. The molecule has 0 saturated carbocycles. The molecule has 0 heterocycles. The fourth-order valence-corrected chi connectivity index (χ4v) is 2.85. The van der Waals surface area contributed by atoms with E-state index in [1.165, 1.54) is 14.2 Å². The van der Waals surface area contributed by atoms with Crippen molar-refractivity contribution in [1.82, 2.24) is 5.48 Å². The maximum absolute atomic E-state index is 12.2. The van der Waals surface area contributed by atoms with Crippen LogP contribution in [0.25, 0.3) is 0 Å². The standard InChI is InChI=1S/C21H26N2O5/c1-14-9-8-11-17(20(23-27-5)21(24)26-4)18(14)13-28-22-15(2)16-10-6-7-12-19(16)25-3/h6-12,20,23H,13H2,1-5H3/b22-15+. The van der Waals surface area contributed by atoms with Gasteiger partial charge in [-0.2, -0.15) is 5.48 Å². The van der Waals surface area contributed by atoms with Crippen molar-refractivity contribution in [3.8, 4) is 5.75 Å². The van der Waals surface area contributed by atoms with Crippen LogP contribution < -0.4 is 10.2 Å². The summed E-state index contributed by atoms with van der Waals surface area (Å²) >= 11 is 0. The van der Waals surface area contributed by atoms with Gasteiger partial charge < -0.3 is 19.1 Å². The fraction of sp³-hybridized carbons (Fsp3) is 0.333. The monoisotopic (exact) mass is 386 g/mol. The molecule has 1 unspecified atom stereocenters. The van der Waals surface area contributed by atoms with Crippen molar-refractivity contribution >= 4 is 11.7 Å². The number of nitrogens with zero attached hydrogens (tertiary/aromatic N) is 1. The van der Waals surface area contributed by atoms with Crippen LogP contribution in [0.3, 0.4) is 0 Å². The van der Waals surface area contributed by atoms with Gasteiger partial charge in [0.15, 0.2) is 6.04 Å². The van der Waals surface area contributed by atoms with Crippen LogP contribution in [0.15, 0.2) is 47.6 Å². The Kier molecular flexibility index (Phi) is 7.98. The van der Waals surface area contributed by atoms with Crippen molar-refractivity contribution in [3.63, 3.8) is 0 Å². The molecule has 0 bridgehead atoms. The molecule has 0 aromatic heterocycles. The molecule has 0 aliphatic carbocycles. The molecular formula is C21H26N2O5. The van der Waals surface area contributed by atoms with Crippen LogP contribution in [0, 0.1) is 6.92 Å². The zero-order valence-corrected chi connectivity index (χ0v) is 16.8. The molecule has 2 rings (SSSR count). The molecule has 0 amide bonds. The van der Waals surface area contributed by atoms with E-state index in [0.29, 0.717) is 11.3 Å². The third kappa shape index (κ3) is 5.09. The molecule has 7 nitrogen and oxygen atoms in total. The Hall–Kier alpha value is -2.90.